The van der Waals surface area contributed by atoms with Crippen molar-refractivity contribution in [2.75, 3.05) is 18.5 Å². The van der Waals surface area contributed by atoms with Crippen LogP contribution in [0.15, 0.2) is 29.3 Å². The number of nitrogens with one attached hydrogen (secondary N) is 2. The van der Waals surface area contributed by atoms with E-state index in [1.165, 1.54) is 6.07 Å². The Kier molecular flexibility index (Phi) is 6.70. The van der Waals surface area contributed by atoms with Crippen LogP contribution in [0.4, 0.5) is 18.9 Å². The average Bonchev–Trinajstić information content (AvgIpc) is 2.77. The van der Waals surface area contributed by atoms with E-state index in [1.807, 2.05) is 18.9 Å². The first-order chi connectivity index (χ1) is 15.6. The first-order valence-corrected chi connectivity index (χ1v) is 11.5. The number of aromatic nitrogens is 1. The van der Waals surface area contributed by atoms with Gasteiger partial charge in [-0.2, -0.15) is 13.2 Å². The summed E-state index contributed by atoms with van der Waals surface area (Å²) in [5.41, 5.74) is -0.196. The van der Waals surface area contributed by atoms with E-state index in [0.717, 1.165) is 37.6 Å². The summed E-state index contributed by atoms with van der Waals surface area (Å²) < 4.78 is 40.4. The Morgan fingerprint density at radius 1 is 1.18 bits per heavy atom. The Morgan fingerprint density at radius 3 is 2.58 bits per heavy atom. The van der Waals surface area contributed by atoms with E-state index in [9.17, 15) is 18.0 Å². The zero-order valence-electron chi connectivity index (χ0n) is 18.5. The Labute approximate surface area is 195 Å². The summed E-state index contributed by atoms with van der Waals surface area (Å²) in [4.78, 5) is 22.5. The van der Waals surface area contributed by atoms with Gasteiger partial charge in [0.2, 0.25) is 5.91 Å². The lowest BCUT2D eigenvalue weighted by molar-refractivity contribution is -0.140. The molecule has 2 heterocycles. The van der Waals surface area contributed by atoms with Crippen LogP contribution in [0.5, 0.6) is 0 Å². The zero-order chi connectivity index (χ0) is 23.8. The van der Waals surface area contributed by atoms with Crippen molar-refractivity contribution >= 4 is 39.9 Å². The molecule has 1 fully saturated rings. The van der Waals surface area contributed by atoms with Gasteiger partial charge in [-0.15, -0.1) is 0 Å². The molecule has 2 N–H and O–H groups in total. The molecule has 1 aliphatic heterocycles. The van der Waals surface area contributed by atoms with E-state index in [4.69, 9.17) is 11.6 Å². The molecule has 1 saturated carbocycles. The quantitative estimate of drug-likeness (QED) is 0.672. The molecule has 2 aromatic rings. The number of carbonyl (C=O) groups is 1. The number of anilines is 1. The number of rotatable bonds is 4. The highest BCUT2D eigenvalue weighted by Gasteiger charge is 2.35. The number of benzene rings is 1. The maximum Gasteiger partial charge on any atom is 0.433 e. The van der Waals surface area contributed by atoms with Crippen molar-refractivity contribution in [1.82, 2.24) is 15.6 Å². The monoisotopic (exact) mass is 481 g/mol. The molecule has 0 radical (unpaired) electrons. The molecule has 178 valence electrons. The summed E-state index contributed by atoms with van der Waals surface area (Å²) in [5.74, 6) is 0.750. The predicted molar refractivity (Wildman–Crippen MR) is 124 cm³/mol. The van der Waals surface area contributed by atoms with Crippen molar-refractivity contribution in [1.29, 1.82) is 0 Å². The molecule has 4 rings (SSSR count). The second kappa shape index (κ2) is 9.37. The van der Waals surface area contributed by atoms with E-state index in [1.54, 1.807) is 12.1 Å². The maximum absolute atomic E-state index is 13.5. The normalized spacial score (nSPS) is 23.6. The van der Waals surface area contributed by atoms with Gasteiger partial charge in [-0.3, -0.25) is 9.79 Å². The van der Waals surface area contributed by atoms with Crippen LogP contribution in [-0.4, -0.2) is 48.4 Å². The van der Waals surface area contributed by atoms with Crippen molar-refractivity contribution in [2.24, 2.45) is 4.99 Å². The van der Waals surface area contributed by atoms with E-state index in [0.29, 0.717) is 29.1 Å². The lowest BCUT2D eigenvalue weighted by Gasteiger charge is -2.37. The third kappa shape index (κ3) is 5.34. The van der Waals surface area contributed by atoms with Gasteiger partial charge in [0.05, 0.1) is 11.4 Å². The van der Waals surface area contributed by atoms with Gasteiger partial charge in [-0.25, -0.2) is 4.98 Å². The number of pyridine rings is 1. The third-order valence-corrected chi connectivity index (χ3v) is 6.71. The maximum atomic E-state index is 13.5. The van der Waals surface area contributed by atoms with Gasteiger partial charge in [0.15, 0.2) is 0 Å². The van der Waals surface area contributed by atoms with Gasteiger partial charge in [-0.1, -0.05) is 11.6 Å². The van der Waals surface area contributed by atoms with Crippen molar-refractivity contribution in [3.63, 3.8) is 0 Å². The number of hydrogen-bond donors (Lipinski definition) is 2. The van der Waals surface area contributed by atoms with Gasteiger partial charge >= 0.3 is 6.18 Å². The van der Waals surface area contributed by atoms with Gasteiger partial charge in [0.25, 0.3) is 0 Å². The lowest BCUT2D eigenvalue weighted by atomic mass is 9.89. The number of halogens is 4. The largest absolute Gasteiger partial charge is 0.433 e. The minimum atomic E-state index is -4.54. The first-order valence-electron chi connectivity index (χ1n) is 11.1. The molecule has 1 aliphatic carbocycles. The van der Waals surface area contributed by atoms with Crippen LogP contribution in [0.3, 0.4) is 0 Å². The fraction of sp³-hybridized carbons (Fsp3) is 0.522. The lowest BCUT2D eigenvalue weighted by Crippen LogP contribution is -2.52. The Balaban J connectivity index is 1.46. The van der Waals surface area contributed by atoms with Crippen molar-refractivity contribution in [3.05, 3.63) is 35.0 Å². The highest BCUT2D eigenvalue weighted by molar-refractivity contribution is 6.31. The molecule has 1 aromatic heterocycles. The van der Waals surface area contributed by atoms with E-state index in [2.05, 4.69) is 20.6 Å². The minimum absolute atomic E-state index is 0.0226. The standard InChI is InChI=1S/C23H27ClF3N5O/c1-13-28-10-9-19(29-13)22(33)30-15-4-6-16(7-5-15)32(2)20-12-21(23(25,26)27)31-18-8-3-14(24)11-17(18)20/h3,8,11-12,15-16,19H,4-7,9-10H2,1-2H3,(H,28,29)(H,30,33)/t15?,16?,19-/m0/s1. The predicted octanol–water partition coefficient (Wildman–Crippen LogP) is 4.55. The molecule has 1 atom stereocenters. The number of fused-ring (bicyclic) bond motifs is 1. The van der Waals surface area contributed by atoms with Crippen LogP contribution in [0.25, 0.3) is 10.9 Å². The summed E-state index contributed by atoms with van der Waals surface area (Å²) in [6.07, 6.45) is -0.841. The summed E-state index contributed by atoms with van der Waals surface area (Å²) in [5, 5.41) is 7.28. The number of amides is 1. The third-order valence-electron chi connectivity index (χ3n) is 6.48. The highest BCUT2D eigenvalue weighted by Crippen LogP contribution is 2.37. The molecule has 0 bridgehead atoms. The molecule has 2 aliphatic rings. The van der Waals surface area contributed by atoms with Crippen LogP contribution < -0.4 is 15.5 Å². The summed E-state index contributed by atoms with van der Waals surface area (Å²) in [6.45, 7) is 2.49. The second-order valence-corrected chi connectivity index (χ2v) is 9.20. The molecule has 6 nitrogen and oxygen atoms in total. The molecule has 0 spiro atoms. The number of nitrogens with zero attached hydrogens (tertiary/aromatic N) is 3. The highest BCUT2D eigenvalue weighted by atomic mass is 35.5. The number of carbonyl (C=O) groups excluding carboxylic acids is 1. The summed E-state index contributed by atoms with van der Waals surface area (Å²) in [6, 6.07) is 5.65. The Bertz CT molecular complexity index is 1070. The molecule has 0 unspecified atom stereocenters. The molecule has 33 heavy (non-hydrogen) atoms. The van der Waals surface area contributed by atoms with Gasteiger partial charge in [0.1, 0.15) is 11.7 Å². The molecule has 1 aromatic carbocycles. The van der Waals surface area contributed by atoms with E-state index < -0.39 is 11.9 Å². The van der Waals surface area contributed by atoms with Crippen molar-refractivity contribution in [2.45, 2.75) is 63.3 Å². The van der Waals surface area contributed by atoms with E-state index in [-0.39, 0.29) is 29.5 Å². The fourth-order valence-corrected chi connectivity index (χ4v) is 4.82. The number of hydrogen-bond acceptors (Lipinski definition) is 5. The summed E-state index contributed by atoms with van der Waals surface area (Å²) in [7, 11) is 1.81. The average molecular weight is 482 g/mol. The van der Waals surface area contributed by atoms with Crippen molar-refractivity contribution < 1.29 is 18.0 Å². The Hall–Kier alpha value is -2.55. The number of amidine groups is 1. The van der Waals surface area contributed by atoms with Crippen molar-refractivity contribution in [3.8, 4) is 0 Å². The van der Waals surface area contributed by atoms with Gasteiger partial charge < -0.3 is 15.5 Å². The van der Waals surface area contributed by atoms with E-state index >= 15 is 0 Å². The van der Waals surface area contributed by atoms with Crippen LogP contribution in [0.2, 0.25) is 5.02 Å². The molecular weight excluding hydrogens is 455 g/mol. The molecule has 10 heteroatoms. The minimum Gasteiger partial charge on any atom is -0.371 e. The second-order valence-electron chi connectivity index (χ2n) is 8.76. The topological polar surface area (TPSA) is 69.6 Å². The summed E-state index contributed by atoms with van der Waals surface area (Å²) >= 11 is 6.13. The number of alkyl halides is 3. The Morgan fingerprint density at radius 2 is 1.91 bits per heavy atom. The van der Waals surface area contributed by atoms with Gasteiger partial charge in [-0.05, 0) is 63.3 Å². The SMILES string of the molecule is CC1=NCC[C@@H](C(=O)NC2CCC(N(C)c3cc(C(F)(F)F)nc4ccc(Cl)cc34)CC2)N1. The van der Waals surface area contributed by atoms with Crippen LogP contribution in [0.1, 0.15) is 44.7 Å². The first kappa shape index (κ1) is 23.6. The van der Waals surface area contributed by atoms with Crippen LogP contribution >= 0.6 is 11.6 Å². The zero-order valence-corrected chi connectivity index (χ0v) is 19.3. The smallest absolute Gasteiger partial charge is 0.371 e. The van der Waals surface area contributed by atoms with Crippen LogP contribution in [0, 0.1) is 0 Å². The fourth-order valence-electron chi connectivity index (χ4n) is 4.65. The van der Waals surface area contributed by atoms with Gasteiger partial charge in [0, 0.05) is 41.8 Å². The number of aliphatic imine (C=N–C) groups is 1. The molecule has 0 saturated heterocycles. The molecule has 1 amide bonds. The van der Waals surface area contributed by atoms with Crippen LogP contribution in [-0.2, 0) is 11.0 Å². The molecular formula is C23H27ClF3N5O.